The summed E-state index contributed by atoms with van der Waals surface area (Å²) in [6, 6.07) is 2.85. The van der Waals surface area contributed by atoms with E-state index < -0.39 is 0 Å². The number of ether oxygens (including phenoxy) is 3. The van der Waals surface area contributed by atoms with Crippen LogP contribution in [0.15, 0.2) is 16.8 Å². The fourth-order valence-electron chi connectivity index (χ4n) is 4.30. The van der Waals surface area contributed by atoms with Crippen LogP contribution in [0.4, 0.5) is 0 Å². The number of rotatable bonds is 6. The number of hydrogen-bond donors (Lipinski definition) is 0. The predicted molar refractivity (Wildman–Crippen MR) is 95.4 cm³/mol. The second kappa shape index (κ2) is 8.28. The molecule has 3 aliphatic rings. The van der Waals surface area contributed by atoms with Crippen LogP contribution in [0, 0.1) is 5.92 Å². The minimum absolute atomic E-state index is 0.298. The highest BCUT2D eigenvalue weighted by atomic mass is 32.1. The molecule has 0 spiro atoms. The molecule has 4 rings (SSSR count). The Bertz CT molecular complexity index is 489. The molecule has 0 aliphatic carbocycles. The van der Waals surface area contributed by atoms with Gasteiger partial charge in [-0.3, -0.25) is 4.90 Å². The maximum atomic E-state index is 6.36. The third-order valence-electron chi connectivity index (χ3n) is 5.71. The van der Waals surface area contributed by atoms with E-state index in [0.717, 1.165) is 52.2 Å². The van der Waals surface area contributed by atoms with Crippen molar-refractivity contribution in [2.24, 2.45) is 5.92 Å². The standard InChI is InChI=1S/C19H29NO3S/c1-2-18-19(3-7-20(18)11-16-6-10-24-14-16)23-17(1)13-22-12-15-4-8-21-9-5-15/h6,10,14-15,17-19H,1-5,7-9,11-13H2/t17-,18-,19-/m1/s1. The van der Waals surface area contributed by atoms with Crippen molar-refractivity contribution in [2.75, 3.05) is 33.0 Å². The summed E-state index contributed by atoms with van der Waals surface area (Å²) in [5.74, 6) is 0.683. The fraction of sp³-hybridized carbons (Fsp3) is 0.789. The van der Waals surface area contributed by atoms with E-state index in [1.54, 1.807) is 11.3 Å². The van der Waals surface area contributed by atoms with Crippen LogP contribution in [0.5, 0.6) is 0 Å². The number of thiophene rings is 1. The summed E-state index contributed by atoms with van der Waals surface area (Å²) in [7, 11) is 0. The Balaban J connectivity index is 1.19. The summed E-state index contributed by atoms with van der Waals surface area (Å²) in [5, 5.41) is 4.44. The van der Waals surface area contributed by atoms with Gasteiger partial charge in [-0.1, -0.05) is 0 Å². The van der Waals surface area contributed by atoms with Gasteiger partial charge >= 0.3 is 0 Å². The molecule has 0 bridgehead atoms. The summed E-state index contributed by atoms with van der Waals surface area (Å²) in [5.41, 5.74) is 1.45. The first-order chi connectivity index (χ1) is 11.9. The average molecular weight is 352 g/mol. The molecular formula is C19H29NO3S. The van der Waals surface area contributed by atoms with Crippen LogP contribution in [-0.2, 0) is 20.8 Å². The van der Waals surface area contributed by atoms with Gasteiger partial charge in [-0.15, -0.1) is 0 Å². The third-order valence-corrected chi connectivity index (χ3v) is 6.45. The van der Waals surface area contributed by atoms with E-state index in [0.29, 0.717) is 24.2 Å². The Morgan fingerprint density at radius 1 is 1.12 bits per heavy atom. The van der Waals surface area contributed by atoms with Crippen LogP contribution >= 0.6 is 11.3 Å². The number of likely N-dealkylation sites (tertiary alicyclic amines) is 1. The molecule has 4 nitrogen and oxygen atoms in total. The van der Waals surface area contributed by atoms with Gasteiger partial charge < -0.3 is 14.2 Å². The van der Waals surface area contributed by atoms with E-state index in [1.165, 1.54) is 24.9 Å². The van der Waals surface area contributed by atoms with Crippen LogP contribution in [0.1, 0.15) is 37.7 Å². The Kier molecular flexibility index (Phi) is 5.86. The van der Waals surface area contributed by atoms with Gasteiger partial charge in [0.05, 0.1) is 18.8 Å². The second-order valence-corrected chi connectivity index (χ2v) is 8.21. The highest BCUT2D eigenvalue weighted by molar-refractivity contribution is 7.07. The second-order valence-electron chi connectivity index (χ2n) is 7.43. The maximum Gasteiger partial charge on any atom is 0.0813 e. The lowest BCUT2D eigenvalue weighted by atomic mass is 9.99. The maximum absolute atomic E-state index is 6.36. The van der Waals surface area contributed by atoms with Gasteiger partial charge in [0.25, 0.3) is 0 Å². The number of hydrogen-bond acceptors (Lipinski definition) is 5. The van der Waals surface area contributed by atoms with Gasteiger partial charge in [0.1, 0.15) is 0 Å². The van der Waals surface area contributed by atoms with E-state index in [1.807, 2.05) is 0 Å². The van der Waals surface area contributed by atoms with Gasteiger partial charge in [0.2, 0.25) is 0 Å². The van der Waals surface area contributed by atoms with Crippen LogP contribution in [0.2, 0.25) is 0 Å². The van der Waals surface area contributed by atoms with Crippen molar-refractivity contribution >= 4 is 11.3 Å². The zero-order valence-corrected chi connectivity index (χ0v) is 15.2. The van der Waals surface area contributed by atoms with Crippen molar-refractivity contribution in [1.82, 2.24) is 4.90 Å². The molecule has 0 N–H and O–H groups in total. The Morgan fingerprint density at radius 2 is 2.04 bits per heavy atom. The highest BCUT2D eigenvalue weighted by Gasteiger charge is 2.39. The number of fused-ring (bicyclic) bond motifs is 1. The molecule has 1 aromatic heterocycles. The largest absolute Gasteiger partial charge is 0.381 e. The fourth-order valence-corrected chi connectivity index (χ4v) is 4.96. The molecular weight excluding hydrogens is 322 g/mol. The van der Waals surface area contributed by atoms with E-state index in [4.69, 9.17) is 14.2 Å². The smallest absolute Gasteiger partial charge is 0.0813 e. The first kappa shape index (κ1) is 17.0. The van der Waals surface area contributed by atoms with Crippen molar-refractivity contribution in [1.29, 1.82) is 0 Å². The first-order valence-electron chi connectivity index (χ1n) is 9.44. The molecule has 134 valence electrons. The molecule has 5 heteroatoms. The van der Waals surface area contributed by atoms with Gasteiger partial charge in [0.15, 0.2) is 0 Å². The summed E-state index contributed by atoms with van der Waals surface area (Å²) >= 11 is 1.79. The average Bonchev–Trinajstić information content (AvgIpc) is 3.26. The summed E-state index contributed by atoms with van der Waals surface area (Å²) in [6.45, 7) is 5.70. The van der Waals surface area contributed by atoms with Crippen molar-refractivity contribution < 1.29 is 14.2 Å². The molecule has 0 amide bonds. The molecule has 4 heterocycles. The van der Waals surface area contributed by atoms with Crippen molar-refractivity contribution in [2.45, 2.75) is 56.9 Å². The minimum atomic E-state index is 0.298. The summed E-state index contributed by atoms with van der Waals surface area (Å²) in [6.07, 6.45) is 6.56. The van der Waals surface area contributed by atoms with E-state index in [-0.39, 0.29) is 0 Å². The molecule has 1 aromatic rings. The molecule has 3 saturated heterocycles. The molecule has 0 unspecified atom stereocenters. The summed E-state index contributed by atoms with van der Waals surface area (Å²) in [4.78, 5) is 2.62. The molecule has 0 saturated carbocycles. The Morgan fingerprint density at radius 3 is 2.88 bits per heavy atom. The first-order valence-corrected chi connectivity index (χ1v) is 10.4. The SMILES string of the molecule is c1cc(CN2CC[C@H]3O[C@@H](COCC4CCOCC4)CC[C@H]32)cs1. The normalized spacial score (nSPS) is 32.1. The molecule has 0 aromatic carbocycles. The zero-order valence-electron chi connectivity index (χ0n) is 14.4. The Labute approximate surface area is 149 Å². The molecule has 3 aliphatic heterocycles. The quantitative estimate of drug-likeness (QED) is 0.787. The van der Waals surface area contributed by atoms with E-state index >= 15 is 0 Å². The lowest BCUT2D eigenvalue weighted by molar-refractivity contribution is -0.105. The topological polar surface area (TPSA) is 30.9 Å². The molecule has 24 heavy (non-hydrogen) atoms. The monoisotopic (exact) mass is 351 g/mol. The van der Waals surface area contributed by atoms with Crippen molar-refractivity contribution in [3.63, 3.8) is 0 Å². The predicted octanol–water partition coefficient (Wildman–Crippen LogP) is 3.31. The van der Waals surface area contributed by atoms with Gasteiger partial charge in [0, 0.05) is 39.0 Å². The minimum Gasteiger partial charge on any atom is -0.381 e. The van der Waals surface area contributed by atoms with Crippen LogP contribution in [0.3, 0.4) is 0 Å². The lowest BCUT2D eigenvalue weighted by Crippen LogP contribution is -2.43. The third kappa shape index (κ3) is 4.20. The number of nitrogens with zero attached hydrogens (tertiary/aromatic N) is 1. The van der Waals surface area contributed by atoms with Gasteiger partial charge in [-0.2, -0.15) is 11.3 Å². The lowest BCUT2D eigenvalue weighted by Gasteiger charge is -2.36. The zero-order chi connectivity index (χ0) is 16.2. The van der Waals surface area contributed by atoms with E-state index in [2.05, 4.69) is 21.7 Å². The molecule has 3 fully saturated rings. The van der Waals surface area contributed by atoms with Gasteiger partial charge in [-0.25, -0.2) is 0 Å². The van der Waals surface area contributed by atoms with Crippen LogP contribution in [-0.4, -0.2) is 56.1 Å². The molecule has 0 radical (unpaired) electrons. The summed E-state index contributed by atoms with van der Waals surface area (Å²) < 4.78 is 17.7. The van der Waals surface area contributed by atoms with Crippen LogP contribution in [0.25, 0.3) is 0 Å². The van der Waals surface area contributed by atoms with Gasteiger partial charge in [-0.05, 0) is 60.4 Å². The van der Waals surface area contributed by atoms with Crippen LogP contribution < -0.4 is 0 Å². The van der Waals surface area contributed by atoms with Crippen molar-refractivity contribution in [3.05, 3.63) is 22.4 Å². The van der Waals surface area contributed by atoms with E-state index in [9.17, 15) is 0 Å². The Hall–Kier alpha value is -0.460. The molecule has 3 atom stereocenters. The highest BCUT2D eigenvalue weighted by Crippen LogP contribution is 2.32. The van der Waals surface area contributed by atoms with Crippen molar-refractivity contribution in [3.8, 4) is 0 Å².